The Balaban J connectivity index is 2.53. The van der Waals surface area contributed by atoms with Gasteiger partial charge in [-0.15, -0.1) is 10.2 Å². The van der Waals surface area contributed by atoms with Gasteiger partial charge in [0.25, 0.3) is 0 Å². The van der Waals surface area contributed by atoms with Gasteiger partial charge in [-0.2, -0.15) is 0 Å². The Morgan fingerprint density at radius 3 is 2.65 bits per heavy atom. The third-order valence-corrected chi connectivity index (χ3v) is 4.00. The van der Waals surface area contributed by atoms with E-state index in [0.29, 0.717) is 11.0 Å². The van der Waals surface area contributed by atoms with Crippen molar-refractivity contribution in [3.05, 3.63) is 5.01 Å². The summed E-state index contributed by atoms with van der Waals surface area (Å²) in [5.74, 6) is -0.933. The minimum atomic E-state index is -0.983. The molecule has 0 unspecified atom stereocenters. The van der Waals surface area contributed by atoms with Gasteiger partial charge >= 0.3 is 5.97 Å². The van der Waals surface area contributed by atoms with E-state index in [1.54, 1.807) is 0 Å². The molecule has 112 valence electrons. The molecule has 0 fully saturated rings. The summed E-state index contributed by atoms with van der Waals surface area (Å²) in [6.07, 6.45) is 4.16. The zero-order chi connectivity index (χ0) is 15.0. The van der Waals surface area contributed by atoms with Crippen LogP contribution in [0.2, 0.25) is 0 Å². The number of nitrogens with one attached hydrogen (secondary N) is 1. The fraction of sp³-hybridized carbons (Fsp3) is 0.692. The average molecular weight is 299 g/mol. The van der Waals surface area contributed by atoms with Crippen LogP contribution in [0.3, 0.4) is 0 Å². The van der Waals surface area contributed by atoms with E-state index in [0.717, 1.165) is 30.7 Å². The number of anilines is 1. The van der Waals surface area contributed by atoms with E-state index < -0.39 is 5.97 Å². The van der Waals surface area contributed by atoms with E-state index in [4.69, 9.17) is 5.11 Å². The van der Waals surface area contributed by atoms with Crippen LogP contribution in [0.5, 0.6) is 0 Å². The van der Waals surface area contributed by atoms with Gasteiger partial charge in [0, 0.05) is 12.3 Å². The maximum Gasteiger partial charge on any atom is 0.303 e. The Morgan fingerprint density at radius 1 is 1.30 bits per heavy atom. The number of nitrogens with zero attached hydrogens (tertiary/aromatic N) is 2. The van der Waals surface area contributed by atoms with E-state index in [1.165, 1.54) is 11.3 Å². The molecule has 0 aliphatic carbocycles. The second kappa shape index (κ2) is 8.63. The SMILES string of the molecule is CCCC[C@H](CC)c1nnc(NC(=O)CCC(=O)O)s1. The number of aliphatic carboxylic acids is 1. The van der Waals surface area contributed by atoms with E-state index in [2.05, 4.69) is 29.4 Å². The summed E-state index contributed by atoms with van der Waals surface area (Å²) in [5.41, 5.74) is 0. The zero-order valence-corrected chi connectivity index (χ0v) is 12.7. The molecule has 0 aliphatic rings. The van der Waals surface area contributed by atoms with Crippen LogP contribution >= 0.6 is 11.3 Å². The predicted molar refractivity (Wildman–Crippen MR) is 78.0 cm³/mol. The molecular weight excluding hydrogens is 278 g/mol. The Bertz CT molecular complexity index is 448. The van der Waals surface area contributed by atoms with Gasteiger partial charge in [0.2, 0.25) is 11.0 Å². The number of unbranched alkanes of at least 4 members (excludes halogenated alkanes) is 1. The Labute approximate surface area is 122 Å². The number of carbonyl (C=O) groups is 2. The summed E-state index contributed by atoms with van der Waals surface area (Å²) in [4.78, 5) is 21.9. The lowest BCUT2D eigenvalue weighted by atomic mass is 10.0. The monoisotopic (exact) mass is 299 g/mol. The topological polar surface area (TPSA) is 92.2 Å². The molecule has 0 saturated carbocycles. The van der Waals surface area contributed by atoms with Crippen molar-refractivity contribution in [3.8, 4) is 0 Å². The smallest absolute Gasteiger partial charge is 0.303 e. The standard InChI is InChI=1S/C13H21N3O3S/c1-3-5-6-9(4-2)12-15-16-13(20-12)14-10(17)7-8-11(18)19/h9H,3-8H2,1-2H3,(H,18,19)(H,14,16,17)/t9-/m0/s1. The first kappa shape index (κ1) is 16.6. The van der Waals surface area contributed by atoms with Gasteiger partial charge in [0.05, 0.1) is 6.42 Å². The molecule has 7 heteroatoms. The van der Waals surface area contributed by atoms with Gasteiger partial charge in [-0.3, -0.25) is 9.59 Å². The Kier molecular flexibility index (Phi) is 7.14. The third kappa shape index (κ3) is 5.64. The molecule has 1 heterocycles. The molecule has 1 amide bonds. The largest absolute Gasteiger partial charge is 0.481 e. The first-order valence-electron chi connectivity index (χ1n) is 6.91. The second-order valence-corrected chi connectivity index (χ2v) is 5.64. The highest BCUT2D eigenvalue weighted by Gasteiger charge is 2.16. The number of carbonyl (C=O) groups excluding carboxylic acids is 1. The molecule has 1 atom stereocenters. The minimum Gasteiger partial charge on any atom is -0.481 e. The number of carboxylic acid groups (broad SMARTS) is 1. The third-order valence-electron chi connectivity index (χ3n) is 3.00. The molecule has 0 aliphatic heterocycles. The highest BCUT2D eigenvalue weighted by atomic mass is 32.1. The lowest BCUT2D eigenvalue weighted by molar-refractivity contribution is -0.138. The predicted octanol–water partition coefficient (Wildman–Crippen LogP) is 3.03. The normalized spacial score (nSPS) is 12.1. The van der Waals surface area contributed by atoms with Crippen molar-refractivity contribution in [2.24, 2.45) is 0 Å². The van der Waals surface area contributed by atoms with E-state index in [-0.39, 0.29) is 18.7 Å². The molecule has 1 aromatic rings. The summed E-state index contributed by atoms with van der Waals surface area (Å²) >= 11 is 1.38. The highest BCUT2D eigenvalue weighted by molar-refractivity contribution is 7.15. The van der Waals surface area contributed by atoms with Gasteiger partial charge in [-0.05, 0) is 12.8 Å². The van der Waals surface area contributed by atoms with Crippen LogP contribution in [0.4, 0.5) is 5.13 Å². The van der Waals surface area contributed by atoms with Crippen molar-refractivity contribution in [1.29, 1.82) is 0 Å². The summed E-state index contributed by atoms with van der Waals surface area (Å²) < 4.78 is 0. The molecule has 20 heavy (non-hydrogen) atoms. The Hall–Kier alpha value is -1.50. The first-order chi connectivity index (χ1) is 9.56. The van der Waals surface area contributed by atoms with Crippen LogP contribution in [-0.2, 0) is 9.59 Å². The minimum absolute atomic E-state index is 0.0444. The molecule has 2 N–H and O–H groups in total. The van der Waals surface area contributed by atoms with Crippen LogP contribution in [0.25, 0.3) is 0 Å². The molecule has 0 spiro atoms. The molecule has 6 nitrogen and oxygen atoms in total. The molecular formula is C13H21N3O3S. The molecule has 0 aromatic carbocycles. The van der Waals surface area contributed by atoms with Crippen molar-refractivity contribution >= 4 is 28.3 Å². The van der Waals surface area contributed by atoms with Gasteiger partial charge in [-0.1, -0.05) is 38.0 Å². The number of hydrogen-bond acceptors (Lipinski definition) is 5. The van der Waals surface area contributed by atoms with E-state index in [1.807, 2.05) is 0 Å². The van der Waals surface area contributed by atoms with Crippen molar-refractivity contribution in [2.45, 2.75) is 58.3 Å². The maximum atomic E-state index is 11.5. The fourth-order valence-electron chi connectivity index (χ4n) is 1.81. The quantitative estimate of drug-likeness (QED) is 0.731. The molecule has 0 saturated heterocycles. The molecule has 1 aromatic heterocycles. The Morgan fingerprint density at radius 2 is 2.05 bits per heavy atom. The number of carboxylic acids is 1. The number of aromatic nitrogens is 2. The number of amides is 1. The average Bonchev–Trinajstić information content (AvgIpc) is 2.86. The molecule has 0 radical (unpaired) electrons. The van der Waals surface area contributed by atoms with Crippen LogP contribution in [0.15, 0.2) is 0 Å². The van der Waals surface area contributed by atoms with E-state index >= 15 is 0 Å². The first-order valence-corrected chi connectivity index (χ1v) is 7.73. The summed E-state index contributed by atoms with van der Waals surface area (Å²) in [7, 11) is 0. The molecule has 1 rings (SSSR count). The van der Waals surface area contributed by atoms with Crippen molar-refractivity contribution in [3.63, 3.8) is 0 Å². The van der Waals surface area contributed by atoms with Gasteiger partial charge in [0.15, 0.2) is 0 Å². The summed E-state index contributed by atoms with van der Waals surface area (Å²) in [5, 5.41) is 20.6. The lowest BCUT2D eigenvalue weighted by Gasteiger charge is -2.09. The van der Waals surface area contributed by atoms with Crippen molar-refractivity contribution in [2.75, 3.05) is 5.32 Å². The van der Waals surface area contributed by atoms with Crippen LogP contribution in [0.1, 0.15) is 63.3 Å². The zero-order valence-electron chi connectivity index (χ0n) is 11.9. The van der Waals surface area contributed by atoms with Crippen LogP contribution < -0.4 is 5.32 Å². The van der Waals surface area contributed by atoms with Crippen molar-refractivity contribution < 1.29 is 14.7 Å². The van der Waals surface area contributed by atoms with Crippen molar-refractivity contribution in [1.82, 2.24) is 10.2 Å². The maximum absolute atomic E-state index is 11.5. The second-order valence-electron chi connectivity index (χ2n) is 4.63. The van der Waals surface area contributed by atoms with Crippen LogP contribution in [0, 0.1) is 0 Å². The molecule has 0 bridgehead atoms. The van der Waals surface area contributed by atoms with Gasteiger partial charge in [-0.25, -0.2) is 0 Å². The van der Waals surface area contributed by atoms with E-state index in [9.17, 15) is 9.59 Å². The van der Waals surface area contributed by atoms with Gasteiger partial charge < -0.3 is 10.4 Å². The van der Waals surface area contributed by atoms with Crippen LogP contribution in [-0.4, -0.2) is 27.2 Å². The number of hydrogen-bond donors (Lipinski definition) is 2. The summed E-state index contributed by atoms with van der Waals surface area (Å²) in [6.45, 7) is 4.27. The lowest BCUT2D eigenvalue weighted by Crippen LogP contribution is -2.12. The van der Waals surface area contributed by atoms with Gasteiger partial charge in [0.1, 0.15) is 5.01 Å². The summed E-state index contributed by atoms with van der Waals surface area (Å²) in [6, 6.07) is 0. The number of rotatable bonds is 9. The highest BCUT2D eigenvalue weighted by Crippen LogP contribution is 2.29. The fourth-order valence-corrected chi connectivity index (χ4v) is 2.78.